The van der Waals surface area contributed by atoms with Crippen molar-refractivity contribution >= 4 is 5.91 Å². The Morgan fingerprint density at radius 3 is 2.74 bits per heavy atom. The Labute approximate surface area is 206 Å². The number of imidazole rings is 1. The maximum Gasteiger partial charge on any atom is 0.232 e. The minimum atomic E-state index is -0.577. The van der Waals surface area contributed by atoms with E-state index in [9.17, 15) is 15.2 Å². The number of hydrogen-bond acceptors (Lipinski definition) is 5. The molecule has 1 aliphatic heterocycles. The fourth-order valence-corrected chi connectivity index (χ4v) is 5.14. The third-order valence-corrected chi connectivity index (χ3v) is 7.24. The highest BCUT2D eigenvalue weighted by molar-refractivity contribution is 5.88. The first-order valence-corrected chi connectivity index (χ1v) is 12.1. The van der Waals surface area contributed by atoms with E-state index in [2.05, 4.69) is 18.0 Å². The maximum absolute atomic E-state index is 13.4. The zero-order chi connectivity index (χ0) is 25.0. The van der Waals surface area contributed by atoms with Gasteiger partial charge in [0.2, 0.25) is 5.91 Å². The Morgan fingerprint density at radius 1 is 1.23 bits per heavy atom. The molecule has 1 N–H and O–H groups in total. The number of likely N-dealkylation sites (tertiary alicyclic amines) is 1. The van der Waals surface area contributed by atoms with Gasteiger partial charge >= 0.3 is 0 Å². The number of benzene rings is 2. The smallest absolute Gasteiger partial charge is 0.232 e. The van der Waals surface area contributed by atoms with Crippen LogP contribution in [0.3, 0.4) is 0 Å². The van der Waals surface area contributed by atoms with E-state index < -0.39 is 5.41 Å². The zero-order valence-electron chi connectivity index (χ0n) is 20.6. The van der Waals surface area contributed by atoms with E-state index >= 15 is 0 Å². The van der Waals surface area contributed by atoms with Gasteiger partial charge in [0.15, 0.2) is 0 Å². The third-order valence-electron chi connectivity index (χ3n) is 7.24. The van der Waals surface area contributed by atoms with Crippen LogP contribution in [0.4, 0.5) is 0 Å². The number of amides is 1. The van der Waals surface area contributed by atoms with Crippen molar-refractivity contribution in [2.45, 2.75) is 43.9 Å². The first kappa shape index (κ1) is 24.5. The van der Waals surface area contributed by atoms with Gasteiger partial charge < -0.3 is 19.3 Å². The molecule has 1 saturated heterocycles. The van der Waals surface area contributed by atoms with Crippen LogP contribution in [-0.4, -0.2) is 45.7 Å². The first-order valence-electron chi connectivity index (χ1n) is 12.1. The zero-order valence-corrected chi connectivity index (χ0v) is 20.6. The Balaban J connectivity index is 1.70. The van der Waals surface area contributed by atoms with E-state index in [1.807, 2.05) is 53.9 Å². The van der Waals surface area contributed by atoms with E-state index in [0.29, 0.717) is 23.5 Å². The van der Waals surface area contributed by atoms with E-state index in [4.69, 9.17) is 4.74 Å². The van der Waals surface area contributed by atoms with E-state index in [-0.39, 0.29) is 18.4 Å². The van der Waals surface area contributed by atoms with Crippen LogP contribution in [0.25, 0.3) is 0 Å². The highest BCUT2D eigenvalue weighted by atomic mass is 16.5. The number of nitriles is 1. The van der Waals surface area contributed by atoms with Gasteiger partial charge in [0.25, 0.3) is 0 Å². The minimum Gasteiger partial charge on any atom is -0.456 e. The lowest BCUT2D eigenvalue weighted by molar-refractivity contribution is -0.135. The van der Waals surface area contributed by atoms with Gasteiger partial charge in [0.1, 0.15) is 17.6 Å². The number of nitrogens with zero attached hydrogens (tertiary/aromatic N) is 4. The molecule has 7 heteroatoms. The Morgan fingerprint density at radius 2 is 2.06 bits per heavy atom. The summed E-state index contributed by atoms with van der Waals surface area (Å²) in [5.74, 6) is 0.838. The molecule has 7 nitrogen and oxygen atoms in total. The van der Waals surface area contributed by atoms with Crippen LogP contribution < -0.4 is 4.74 Å². The van der Waals surface area contributed by atoms with Crippen molar-refractivity contribution in [2.75, 3.05) is 20.2 Å². The lowest BCUT2D eigenvalue weighted by atomic mass is 9.73. The summed E-state index contributed by atoms with van der Waals surface area (Å²) in [4.78, 5) is 19.4. The summed E-state index contributed by atoms with van der Waals surface area (Å²) in [6.45, 7) is 2.74. The molecule has 2 atom stereocenters. The molecule has 0 aliphatic carbocycles. The number of aliphatic hydroxyl groups excluding tert-OH is 1. The van der Waals surface area contributed by atoms with Crippen molar-refractivity contribution in [2.24, 2.45) is 7.05 Å². The van der Waals surface area contributed by atoms with Crippen LogP contribution in [0.15, 0.2) is 55.0 Å². The van der Waals surface area contributed by atoms with Crippen LogP contribution in [0.2, 0.25) is 0 Å². The molecule has 1 amide bonds. The number of ether oxygens (including phenoxy) is 1. The molecular formula is C28H32N4O3. The normalized spacial score (nSPS) is 19.2. The predicted octanol–water partition coefficient (Wildman–Crippen LogP) is 4.50. The molecule has 0 spiro atoms. The van der Waals surface area contributed by atoms with E-state index in [0.717, 1.165) is 42.6 Å². The van der Waals surface area contributed by atoms with Crippen LogP contribution in [0.1, 0.15) is 60.9 Å². The fourth-order valence-electron chi connectivity index (χ4n) is 5.14. The maximum atomic E-state index is 13.4. The molecule has 1 aromatic heterocycles. The van der Waals surface area contributed by atoms with Gasteiger partial charge in [0, 0.05) is 38.4 Å². The molecule has 2 aromatic carbocycles. The number of carbonyl (C=O) groups excluding carboxylic acids is 1. The number of likely N-dealkylation sites (N-methyl/N-ethyl adjacent to an activating group) is 1. The largest absolute Gasteiger partial charge is 0.456 e. The van der Waals surface area contributed by atoms with Gasteiger partial charge in [-0.15, -0.1) is 0 Å². The van der Waals surface area contributed by atoms with Crippen LogP contribution in [0, 0.1) is 11.3 Å². The Hall–Kier alpha value is -3.63. The van der Waals surface area contributed by atoms with E-state index in [1.54, 1.807) is 24.7 Å². The molecule has 182 valence electrons. The van der Waals surface area contributed by atoms with Gasteiger partial charge in [-0.25, -0.2) is 4.98 Å². The second kappa shape index (κ2) is 10.3. The SMILES string of the molecule is CCC1(c2cccc(Oc3cc(C(CO)c4cncn4C)ccc3C#N)c2)CCCCN(C)C1=O. The standard InChI is InChI=1S/C28H32N4O3/c1-4-28(12-5-6-13-31(2)27(28)34)22-8-7-9-23(15-22)35-26-14-20(10-11-21(26)16-29)24(18-33)25-17-30-19-32(25)3/h7-11,14-15,17,19,24,33H,4-6,12-13,18H2,1-3H3. The van der Waals surface area contributed by atoms with Crippen LogP contribution in [0.5, 0.6) is 11.5 Å². The van der Waals surface area contributed by atoms with Gasteiger partial charge in [-0.05, 0) is 54.7 Å². The first-order chi connectivity index (χ1) is 16.9. The summed E-state index contributed by atoms with van der Waals surface area (Å²) in [6, 6.07) is 15.2. The summed E-state index contributed by atoms with van der Waals surface area (Å²) in [5, 5.41) is 19.8. The van der Waals surface area contributed by atoms with Gasteiger partial charge in [-0.3, -0.25) is 4.79 Å². The predicted molar refractivity (Wildman–Crippen MR) is 133 cm³/mol. The molecular weight excluding hydrogens is 440 g/mol. The third kappa shape index (κ3) is 4.67. The molecule has 3 aromatic rings. The highest BCUT2D eigenvalue weighted by Gasteiger charge is 2.41. The second-order valence-corrected chi connectivity index (χ2v) is 9.28. The average molecular weight is 473 g/mol. The Kier molecular flexibility index (Phi) is 7.23. The van der Waals surface area contributed by atoms with Crippen molar-refractivity contribution in [1.29, 1.82) is 5.26 Å². The Bertz CT molecular complexity index is 1240. The number of rotatable bonds is 7. The molecule has 35 heavy (non-hydrogen) atoms. The van der Waals surface area contributed by atoms with Crippen LogP contribution >= 0.6 is 0 Å². The average Bonchev–Trinajstić information content (AvgIpc) is 3.23. The van der Waals surface area contributed by atoms with Gasteiger partial charge in [-0.1, -0.05) is 31.5 Å². The molecule has 2 heterocycles. The molecule has 0 bridgehead atoms. The van der Waals surface area contributed by atoms with Gasteiger partial charge in [-0.2, -0.15) is 5.26 Å². The quantitative estimate of drug-likeness (QED) is 0.547. The fraction of sp³-hybridized carbons (Fsp3) is 0.393. The van der Waals surface area contributed by atoms with Crippen molar-refractivity contribution in [1.82, 2.24) is 14.5 Å². The number of aryl methyl sites for hydroxylation is 1. The van der Waals surface area contributed by atoms with Gasteiger partial charge in [0.05, 0.1) is 23.9 Å². The van der Waals surface area contributed by atoms with Crippen molar-refractivity contribution in [3.05, 3.63) is 77.4 Å². The van der Waals surface area contributed by atoms with Crippen molar-refractivity contribution < 1.29 is 14.6 Å². The number of aliphatic hydroxyl groups is 1. The minimum absolute atomic E-state index is 0.102. The van der Waals surface area contributed by atoms with Crippen molar-refractivity contribution in [3.8, 4) is 17.6 Å². The van der Waals surface area contributed by atoms with E-state index in [1.165, 1.54) is 0 Å². The molecule has 0 radical (unpaired) electrons. The molecule has 2 unspecified atom stereocenters. The highest BCUT2D eigenvalue weighted by Crippen LogP contribution is 2.40. The topological polar surface area (TPSA) is 91.4 Å². The molecule has 1 aliphatic rings. The monoisotopic (exact) mass is 472 g/mol. The number of aromatic nitrogens is 2. The van der Waals surface area contributed by atoms with Crippen molar-refractivity contribution in [3.63, 3.8) is 0 Å². The molecule has 1 fully saturated rings. The number of carbonyl (C=O) groups is 1. The lowest BCUT2D eigenvalue weighted by Gasteiger charge is -2.33. The summed E-state index contributed by atoms with van der Waals surface area (Å²) in [5.41, 5.74) is 2.45. The second-order valence-electron chi connectivity index (χ2n) is 9.28. The van der Waals surface area contributed by atoms with Crippen LogP contribution in [-0.2, 0) is 17.3 Å². The summed E-state index contributed by atoms with van der Waals surface area (Å²) >= 11 is 0. The summed E-state index contributed by atoms with van der Waals surface area (Å²) in [7, 11) is 3.76. The lowest BCUT2D eigenvalue weighted by Crippen LogP contribution is -2.43. The molecule has 4 rings (SSSR count). The number of hydrogen-bond donors (Lipinski definition) is 1. The summed E-state index contributed by atoms with van der Waals surface area (Å²) < 4.78 is 8.12. The molecule has 0 saturated carbocycles. The summed E-state index contributed by atoms with van der Waals surface area (Å²) in [6.07, 6.45) is 6.93.